The third-order valence-electron chi connectivity index (χ3n) is 3.97. The molecule has 0 atom stereocenters. The zero-order valence-electron chi connectivity index (χ0n) is 12.7. The fourth-order valence-corrected chi connectivity index (χ4v) is 2.23. The van der Waals surface area contributed by atoms with Gasteiger partial charge in [-0.3, -0.25) is 4.99 Å². The Kier molecular flexibility index (Phi) is 6.10. The normalized spacial score (nSPS) is 21.4. The van der Waals surface area contributed by atoms with Crippen LogP contribution in [0, 0.1) is 5.92 Å². The average molecular weight is 283 g/mol. The molecule has 0 bridgehead atoms. The molecule has 0 aromatic rings. The lowest BCUT2D eigenvalue weighted by Crippen LogP contribution is -2.43. The smallest absolute Gasteiger partial charge is 0.191 e. The number of rotatable bonds is 9. The van der Waals surface area contributed by atoms with Gasteiger partial charge in [0.2, 0.25) is 0 Å². The summed E-state index contributed by atoms with van der Waals surface area (Å²) in [5, 5.41) is 16.5. The number of aliphatic hydroxyl groups is 1. The molecule has 3 N–H and O–H groups in total. The molecule has 20 heavy (non-hydrogen) atoms. The van der Waals surface area contributed by atoms with Crippen LogP contribution < -0.4 is 10.6 Å². The van der Waals surface area contributed by atoms with E-state index in [2.05, 4.69) is 15.6 Å². The van der Waals surface area contributed by atoms with E-state index < -0.39 is 5.60 Å². The molecule has 5 nitrogen and oxygen atoms in total. The summed E-state index contributed by atoms with van der Waals surface area (Å²) in [6.45, 7) is 5.99. The van der Waals surface area contributed by atoms with Gasteiger partial charge in [-0.05, 0) is 51.4 Å². The van der Waals surface area contributed by atoms with E-state index in [1.165, 1.54) is 12.8 Å². The van der Waals surface area contributed by atoms with Gasteiger partial charge in [0.25, 0.3) is 0 Å². The van der Waals surface area contributed by atoms with Gasteiger partial charge < -0.3 is 20.5 Å². The fourth-order valence-electron chi connectivity index (χ4n) is 2.23. The van der Waals surface area contributed by atoms with E-state index in [1.807, 2.05) is 6.92 Å². The van der Waals surface area contributed by atoms with E-state index in [9.17, 15) is 5.11 Å². The summed E-state index contributed by atoms with van der Waals surface area (Å²) >= 11 is 0. The third-order valence-corrected chi connectivity index (χ3v) is 3.97. The van der Waals surface area contributed by atoms with Gasteiger partial charge in [-0.25, -0.2) is 0 Å². The lowest BCUT2D eigenvalue weighted by atomic mass is 9.80. The van der Waals surface area contributed by atoms with Gasteiger partial charge in [-0.2, -0.15) is 0 Å². The standard InChI is InChI=1S/C15H29N3O2/c1-2-16-14(18-12-15(19)7-3-8-15)17-9-4-10-20-11-13-5-6-13/h13,19H,2-12H2,1H3,(H2,16,17,18). The van der Waals surface area contributed by atoms with Crippen molar-refractivity contribution < 1.29 is 9.84 Å². The van der Waals surface area contributed by atoms with Crippen LogP contribution in [0.25, 0.3) is 0 Å². The van der Waals surface area contributed by atoms with Crippen molar-refractivity contribution in [3.8, 4) is 0 Å². The molecule has 5 heteroatoms. The summed E-state index contributed by atoms with van der Waals surface area (Å²) in [5.74, 6) is 1.64. The van der Waals surface area contributed by atoms with E-state index in [1.54, 1.807) is 0 Å². The number of hydrogen-bond donors (Lipinski definition) is 3. The number of nitrogens with one attached hydrogen (secondary N) is 2. The largest absolute Gasteiger partial charge is 0.388 e. The van der Waals surface area contributed by atoms with E-state index in [0.29, 0.717) is 6.54 Å². The van der Waals surface area contributed by atoms with E-state index in [-0.39, 0.29) is 0 Å². The second-order valence-electron chi connectivity index (χ2n) is 6.07. The molecule has 0 radical (unpaired) electrons. The van der Waals surface area contributed by atoms with Crippen LogP contribution in [0.5, 0.6) is 0 Å². The van der Waals surface area contributed by atoms with Gasteiger partial charge in [-0.15, -0.1) is 0 Å². The highest BCUT2D eigenvalue weighted by molar-refractivity contribution is 5.79. The molecular weight excluding hydrogens is 254 g/mol. The Bertz CT molecular complexity index is 312. The molecule has 0 amide bonds. The fraction of sp³-hybridized carbons (Fsp3) is 0.933. The molecule has 0 aromatic carbocycles. The molecule has 116 valence electrons. The first-order chi connectivity index (χ1) is 9.72. The first kappa shape index (κ1) is 15.6. The summed E-state index contributed by atoms with van der Waals surface area (Å²) in [7, 11) is 0. The van der Waals surface area contributed by atoms with Crippen LogP contribution in [0.1, 0.15) is 45.4 Å². The monoisotopic (exact) mass is 283 g/mol. The second-order valence-corrected chi connectivity index (χ2v) is 6.07. The molecule has 0 spiro atoms. The molecule has 2 saturated carbocycles. The highest BCUT2D eigenvalue weighted by atomic mass is 16.5. The van der Waals surface area contributed by atoms with Gasteiger partial charge in [0, 0.05) is 26.3 Å². The Balaban J connectivity index is 1.56. The minimum absolute atomic E-state index is 0.501. The van der Waals surface area contributed by atoms with Crippen molar-refractivity contribution in [1.29, 1.82) is 0 Å². The Morgan fingerprint density at radius 3 is 2.75 bits per heavy atom. The van der Waals surface area contributed by atoms with E-state index in [4.69, 9.17) is 4.74 Å². The highest BCUT2D eigenvalue weighted by Gasteiger charge is 2.34. The molecule has 0 aromatic heterocycles. The third kappa shape index (κ3) is 5.67. The Hall–Kier alpha value is -0.810. The number of aliphatic imine (C=N–C) groups is 1. The minimum atomic E-state index is -0.546. The van der Waals surface area contributed by atoms with Crippen molar-refractivity contribution in [3.63, 3.8) is 0 Å². The molecule has 2 aliphatic carbocycles. The van der Waals surface area contributed by atoms with E-state index >= 15 is 0 Å². The molecule has 0 heterocycles. The highest BCUT2D eigenvalue weighted by Crippen LogP contribution is 2.31. The average Bonchev–Trinajstić information content (AvgIpc) is 3.21. The molecular formula is C15H29N3O2. The molecule has 0 saturated heterocycles. The van der Waals surface area contributed by atoms with Crippen LogP contribution in [0.15, 0.2) is 4.99 Å². The van der Waals surface area contributed by atoms with Gasteiger partial charge in [0.05, 0.1) is 12.1 Å². The van der Waals surface area contributed by atoms with Crippen molar-refractivity contribution in [1.82, 2.24) is 10.6 Å². The van der Waals surface area contributed by atoms with Gasteiger partial charge >= 0.3 is 0 Å². The lowest BCUT2D eigenvalue weighted by molar-refractivity contribution is -0.0236. The molecule has 2 rings (SSSR count). The van der Waals surface area contributed by atoms with Crippen molar-refractivity contribution in [3.05, 3.63) is 0 Å². The predicted octanol–water partition coefficient (Wildman–Crippen LogP) is 1.27. The summed E-state index contributed by atoms with van der Waals surface area (Å²) in [5.41, 5.74) is -0.546. The van der Waals surface area contributed by atoms with Crippen LogP contribution in [0.3, 0.4) is 0 Å². The zero-order valence-corrected chi connectivity index (χ0v) is 12.7. The maximum Gasteiger partial charge on any atom is 0.191 e. The van der Waals surface area contributed by atoms with Crippen LogP contribution in [-0.4, -0.2) is 49.5 Å². The molecule has 2 fully saturated rings. The van der Waals surface area contributed by atoms with Gasteiger partial charge in [0.15, 0.2) is 5.96 Å². The Morgan fingerprint density at radius 1 is 1.35 bits per heavy atom. The predicted molar refractivity (Wildman–Crippen MR) is 80.9 cm³/mol. The minimum Gasteiger partial charge on any atom is -0.388 e. The maximum atomic E-state index is 10.0. The Labute approximate surface area is 122 Å². The molecule has 0 unspecified atom stereocenters. The Morgan fingerprint density at radius 2 is 2.15 bits per heavy atom. The van der Waals surface area contributed by atoms with Gasteiger partial charge in [0.1, 0.15) is 0 Å². The van der Waals surface area contributed by atoms with Crippen molar-refractivity contribution >= 4 is 5.96 Å². The molecule has 2 aliphatic rings. The van der Waals surface area contributed by atoms with Crippen molar-refractivity contribution in [2.75, 3.05) is 32.8 Å². The summed E-state index contributed by atoms with van der Waals surface area (Å²) < 4.78 is 5.60. The zero-order chi connectivity index (χ0) is 14.3. The second kappa shape index (κ2) is 7.84. The van der Waals surface area contributed by atoms with Crippen LogP contribution in [0.4, 0.5) is 0 Å². The topological polar surface area (TPSA) is 65.9 Å². The summed E-state index contributed by atoms with van der Waals surface area (Å²) in [4.78, 5) is 4.47. The van der Waals surface area contributed by atoms with Crippen molar-refractivity contribution in [2.45, 2.75) is 51.0 Å². The number of ether oxygens (including phenoxy) is 1. The lowest BCUT2D eigenvalue weighted by Gasteiger charge is -2.35. The summed E-state index contributed by atoms with van der Waals surface area (Å²) in [6.07, 6.45) is 6.56. The quantitative estimate of drug-likeness (QED) is 0.339. The molecule has 0 aliphatic heterocycles. The van der Waals surface area contributed by atoms with Gasteiger partial charge in [-0.1, -0.05) is 0 Å². The number of nitrogens with zero attached hydrogens (tertiary/aromatic N) is 1. The number of guanidine groups is 1. The first-order valence-corrected chi connectivity index (χ1v) is 8.04. The summed E-state index contributed by atoms with van der Waals surface area (Å²) in [6, 6.07) is 0. The first-order valence-electron chi connectivity index (χ1n) is 8.04. The van der Waals surface area contributed by atoms with Crippen LogP contribution >= 0.6 is 0 Å². The van der Waals surface area contributed by atoms with E-state index in [0.717, 1.165) is 63.9 Å². The maximum absolute atomic E-state index is 10.0. The SMILES string of the molecule is CCNC(=NCC1(O)CCC1)NCCCOCC1CC1. The number of hydrogen-bond acceptors (Lipinski definition) is 3. The van der Waals surface area contributed by atoms with Crippen LogP contribution in [-0.2, 0) is 4.74 Å². The van der Waals surface area contributed by atoms with Crippen molar-refractivity contribution in [2.24, 2.45) is 10.9 Å². The van der Waals surface area contributed by atoms with Crippen LogP contribution in [0.2, 0.25) is 0 Å².